The molecular formula is C65H39NO2. The zero-order valence-electron chi connectivity index (χ0n) is 36.8. The molecular weight excluding hydrogens is 827 g/mol. The van der Waals surface area contributed by atoms with Gasteiger partial charge in [0.15, 0.2) is 0 Å². The average molecular weight is 866 g/mol. The van der Waals surface area contributed by atoms with Gasteiger partial charge in [0.05, 0.1) is 5.41 Å². The summed E-state index contributed by atoms with van der Waals surface area (Å²) in [6, 6.07) is 86.5. The van der Waals surface area contributed by atoms with Crippen LogP contribution >= 0.6 is 0 Å². The van der Waals surface area contributed by atoms with Crippen LogP contribution in [0, 0.1) is 0 Å². The van der Waals surface area contributed by atoms with Gasteiger partial charge in [-0.1, -0.05) is 176 Å². The Morgan fingerprint density at radius 1 is 0.294 bits per heavy atom. The third-order valence-electron chi connectivity index (χ3n) is 14.9. The van der Waals surface area contributed by atoms with E-state index in [0.29, 0.717) is 0 Å². The molecule has 68 heavy (non-hydrogen) atoms. The number of nitrogens with zero attached hydrogens (tertiary/aromatic N) is 1. The van der Waals surface area contributed by atoms with E-state index in [1.54, 1.807) is 0 Å². The molecule has 0 spiro atoms. The summed E-state index contributed by atoms with van der Waals surface area (Å²) >= 11 is 0. The Morgan fingerprint density at radius 3 is 1.25 bits per heavy atom. The predicted molar refractivity (Wildman–Crippen MR) is 283 cm³/mol. The molecule has 2 heterocycles. The second kappa shape index (κ2) is 14.0. The van der Waals surface area contributed by atoms with Crippen LogP contribution in [0.25, 0.3) is 98.1 Å². The van der Waals surface area contributed by atoms with Gasteiger partial charge in [-0.15, -0.1) is 0 Å². The minimum atomic E-state index is -0.490. The largest absolute Gasteiger partial charge is 0.455 e. The zero-order valence-corrected chi connectivity index (χ0v) is 36.8. The van der Waals surface area contributed by atoms with E-state index >= 15 is 0 Å². The van der Waals surface area contributed by atoms with Crippen molar-refractivity contribution in [2.24, 2.45) is 0 Å². The van der Waals surface area contributed by atoms with E-state index in [2.05, 4.69) is 229 Å². The normalized spacial score (nSPS) is 13.1. The Morgan fingerprint density at radius 2 is 0.706 bits per heavy atom. The number of hydrogen-bond donors (Lipinski definition) is 0. The summed E-state index contributed by atoms with van der Waals surface area (Å²) in [6.45, 7) is 0. The molecule has 316 valence electrons. The maximum Gasteiger partial charge on any atom is 0.143 e. The van der Waals surface area contributed by atoms with Crippen LogP contribution < -0.4 is 4.90 Å². The summed E-state index contributed by atoms with van der Waals surface area (Å²) in [5.41, 5.74) is 14.0. The van der Waals surface area contributed by atoms with Crippen LogP contribution in [0.4, 0.5) is 17.1 Å². The summed E-state index contributed by atoms with van der Waals surface area (Å²) < 4.78 is 13.3. The molecule has 0 saturated carbocycles. The maximum absolute atomic E-state index is 6.63. The zero-order chi connectivity index (χ0) is 44.5. The molecule has 0 bridgehead atoms. The summed E-state index contributed by atoms with van der Waals surface area (Å²) in [5.74, 6) is 0. The van der Waals surface area contributed by atoms with Crippen LogP contribution in [0.15, 0.2) is 245 Å². The van der Waals surface area contributed by atoms with Gasteiger partial charge in [0.1, 0.15) is 22.3 Å². The van der Waals surface area contributed by atoms with Gasteiger partial charge < -0.3 is 13.7 Å². The second-order valence-corrected chi connectivity index (χ2v) is 18.3. The van der Waals surface area contributed by atoms with Crippen molar-refractivity contribution >= 4 is 104 Å². The number of hydrogen-bond acceptors (Lipinski definition) is 3. The molecule has 1 aliphatic rings. The monoisotopic (exact) mass is 865 g/mol. The highest BCUT2D eigenvalue weighted by Crippen LogP contribution is 2.56. The fourth-order valence-corrected chi connectivity index (χ4v) is 11.9. The molecule has 3 heteroatoms. The Hall–Kier alpha value is -8.92. The Bertz CT molecular complexity index is 4150. The molecule has 3 nitrogen and oxygen atoms in total. The van der Waals surface area contributed by atoms with Gasteiger partial charge in [-0.25, -0.2) is 0 Å². The van der Waals surface area contributed by atoms with Gasteiger partial charge in [0.25, 0.3) is 0 Å². The lowest BCUT2D eigenvalue weighted by atomic mass is 9.68. The smallest absolute Gasteiger partial charge is 0.143 e. The predicted octanol–water partition coefficient (Wildman–Crippen LogP) is 17.9. The minimum Gasteiger partial charge on any atom is -0.455 e. The minimum absolute atomic E-state index is 0.490. The molecule has 0 N–H and O–H groups in total. The van der Waals surface area contributed by atoms with Crippen molar-refractivity contribution in [1.82, 2.24) is 0 Å². The van der Waals surface area contributed by atoms with Crippen molar-refractivity contribution in [3.8, 4) is 11.1 Å². The van der Waals surface area contributed by atoms with Gasteiger partial charge >= 0.3 is 0 Å². The Labute approximate surface area is 391 Å². The molecule has 0 atom stereocenters. The van der Waals surface area contributed by atoms with Crippen molar-refractivity contribution in [2.75, 3.05) is 4.90 Å². The van der Waals surface area contributed by atoms with Gasteiger partial charge in [0.2, 0.25) is 0 Å². The van der Waals surface area contributed by atoms with E-state index in [1.807, 2.05) is 12.1 Å². The van der Waals surface area contributed by atoms with Gasteiger partial charge in [-0.2, -0.15) is 0 Å². The SMILES string of the molecule is c1ccc(C2(c3ccc(N(c4ccc5c(ccc6ccc7c8ccccc8oc7c65)c4)c4ccc5c(ccc6ccc7c8ccccc8oc7c65)c4)cc3)c3ccccc3-c3ccccc32)cc1. The molecule has 2 aromatic heterocycles. The van der Waals surface area contributed by atoms with Crippen LogP contribution in [0.2, 0.25) is 0 Å². The number of rotatable bonds is 5. The Kier molecular flexibility index (Phi) is 7.71. The highest BCUT2D eigenvalue weighted by Gasteiger charge is 2.45. The first kappa shape index (κ1) is 37.3. The highest BCUT2D eigenvalue weighted by molar-refractivity contribution is 6.24. The van der Waals surface area contributed by atoms with E-state index < -0.39 is 5.41 Å². The number of para-hydroxylation sites is 2. The number of anilines is 3. The molecule has 0 saturated heterocycles. The van der Waals surface area contributed by atoms with Crippen LogP contribution in [0.5, 0.6) is 0 Å². The van der Waals surface area contributed by atoms with E-state index in [4.69, 9.17) is 8.83 Å². The van der Waals surface area contributed by atoms with Crippen LogP contribution in [-0.4, -0.2) is 0 Å². The molecule has 1 aliphatic carbocycles. The van der Waals surface area contributed by atoms with Crippen LogP contribution in [0.1, 0.15) is 22.3 Å². The number of fused-ring (bicyclic) bond motifs is 17. The van der Waals surface area contributed by atoms with Gasteiger partial charge in [-0.3, -0.25) is 0 Å². The van der Waals surface area contributed by atoms with Crippen molar-refractivity contribution in [3.63, 3.8) is 0 Å². The topological polar surface area (TPSA) is 29.5 Å². The average Bonchev–Trinajstić information content (AvgIpc) is 4.08. The summed E-state index contributed by atoms with van der Waals surface area (Å²) in [4.78, 5) is 2.41. The van der Waals surface area contributed by atoms with Crippen molar-refractivity contribution in [3.05, 3.63) is 259 Å². The Balaban J connectivity index is 0.947. The molecule has 0 amide bonds. The van der Waals surface area contributed by atoms with E-state index in [9.17, 15) is 0 Å². The lowest BCUT2D eigenvalue weighted by Gasteiger charge is -2.34. The first-order chi connectivity index (χ1) is 33.7. The fourth-order valence-electron chi connectivity index (χ4n) is 11.9. The van der Waals surface area contributed by atoms with Crippen LogP contribution in [-0.2, 0) is 5.41 Å². The third kappa shape index (κ3) is 5.13. The number of furan rings is 2. The standard InChI is InChI=1S/C65H39NO2/c1-2-12-44(13-3-1)65(57-18-8-4-14-51(57)52-15-5-9-19-58(52)65)45-28-30-46(31-29-45)66(47-32-36-49-42(38-47)24-22-40-26-34-55-53-16-6-10-20-59(53)67-63(55)61(40)49)48-33-37-50-43(39-48)25-23-41-27-35-56-54-17-7-11-21-60(54)68-64(56)62(41)50/h1-39H. The summed E-state index contributed by atoms with van der Waals surface area (Å²) in [6.07, 6.45) is 0. The maximum atomic E-state index is 6.63. The van der Waals surface area contributed by atoms with Crippen molar-refractivity contribution in [2.45, 2.75) is 5.41 Å². The first-order valence-electron chi connectivity index (χ1n) is 23.4. The summed E-state index contributed by atoms with van der Waals surface area (Å²) in [7, 11) is 0. The molecule has 0 fully saturated rings. The highest BCUT2D eigenvalue weighted by atomic mass is 16.3. The number of benzene rings is 12. The molecule has 0 unspecified atom stereocenters. The fraction of sp³-hybridized carbons (Fsp3) is 0.0154. The van der Waals surface area contributed by atoms with Gasteiger partial charge in [0, 0.05) is 49.4 Å². The lowest BCUT2D eigenvalue weighted by Crippen LogP contribution is -2.28. The van der Waals surface area contributed by atoms with Crippen molar-refractivity contribution < 1.29 is 8.83 Å². The van der Waals surface area contributed by atoms with Crippen molar-refractivity contribution in [1.29, 1.82) is 0 Å². The first-order valence-corrected chi connectivity index (χ1v) is 23.4. The van der Waals surface area contributed by atoms with E-state index in [0.717, 1.165) is 104 Å². The lowest BCUT2D eigenvalue weighted by molar-refractivity contribution is 0.672. The van der Waals surface area contributed by atoms with Crippen LogP contribution in [0.3, 0.4) is 0 Å². The quantitative estimate of drug-likeness (QED) is 0.161. The van der Waals surface area contributed by atoms with E-state index in [-0.39, 0.29) is 0 Å². The summed E-state index contributed by atoms with van der Waals surface area (Å²) in [5, 5.41) is 13.7. The molecule has 12 aromatic carbocycles. The molecule has 14 aromatic rings. The molecule has 0 aliphatic heterocycles. The molecule has 15 rings (SSSR count). The molecule has 0 radical (unpaired) electrons. The van der Waals surface area contributed by atoms with E-state index in [1.165, 1.54) is 33.4 Å². The second-order valence-electron chi connectivity index (χ2n) is 18.3. The van der Waals surface area contributed by atoms with Gasteiger partial charge in [-0.05, 0) is 126 Å². The third-order valence-corrected chi connectivity index (χ3v) is 14.9.